The van der Waals surface area contributed by atoms with Gasteiger partial charge in [-0.3, -0.25) is 8.92 Å². The Hall–Kier alpha value is 1.30. The Morgan fingerprint density at radius 2 is 1.20 bits per heavy atom. The van der Waals surface area contributed by atoms with Gasteiger partial charge in [0.15, 0.2) is 0 Å². The van der Waals surface area contributed by atoms with Crippen LogP contribution in [-0.2, 0) is 30.6 Å². The maximum absolute atomic E-state index is 8.40. The predicted molar refractivity (Wildman–Crippen MR) is 15.7 cm³/mol. The van der Waals surface area contributed by atoms with Crippen molar-refractivity contribution in [3.63, 3.8) is 0 Å². The van der Waals surface area contributed by atoms with Gasteiger partial charge in [-0.05, 0) is 0 Å². The molecule has 0 aliphatic heterocycles. The summed E-state index contributed by atoms with van der Waals surface area (Å²) in [6.07, 6.45) is 0. The molecule has 0 unspecified atom stereocenters. The Morgan fingerprint density at radius 3 is 1.20 bits per heavy atom. The Balaban J connectivity index is -0.0000000200. The van der Waals surface area contributed by atoms with Crippen LogP contribution in [0.5, 0.6) is 0 Å². The van der Waals surface area contributed by atoms with Crippen LogP contribution >= 0.6 is 0 Å². The summed E-state index contributed by atoms with van der Waals surface area (Å²) >= 11 is 0. The van der Waals surface area contributed by atoms with Gasteiger partial charge >= 0.3 is 32.3 Å². The van der Waals surface area contributed by atoms with Gasteiger partial charge in [0.1, 0.15) is 0 Å². The minimum Gasteiger partial charge on any atom is -0.274 e. The minimum atomic E-state index is -1.42. The van der Waals surface area contributed by atoms with E-state index in [0.717, 1.165) is 0 Å². The van der Waals surface area contributed by atoms with Crippen molar-refractivity contribution in [2.24, 2.45) is 0 Å². The van der Waals surface area contributed by atoms with Crippen LogP contribution in [-0.4, -0.2) is 32.3 Å². The predicted octanol–water partition coefficient (Wildman–Crippen LogP) is -1.54. The van der Waals surface area contributed by atoms with Crippen LogP contribution in [0, 0.1) is 0 Å². The smallest absolute Gasteiger partial charge is 0.274 e. The Kier molecular flexibility index (Phi) is 60.3. The molecular formula is H2MgO2SiTi. The van der Waals surface area contributed by atoms with Crippen molar-refractivity contribution in [2.45, 2.75) is 0 Å². The van der Waals surface area contributed by atoms with Gasteiger partial charge in [0.25, 0.3) is 0 Å². The maximum atomic E-state index is 8.40. The Morgan fingerprint density at radius 1 is 1.20 bits per heavy atom. The summed E-state index contributed by atoms with van der Waals surface area (Å²) in [6.45, 7) is 0. The first-order chi connectivity index (χ1) is 1.41. The fourth-order valence-electron chi connectivity index (χ4n) is 0. The third-order valence-electron chi connectivity index (χ3n) is 0. The molecule has 0 radical (unpaired) electrons. The molecule has 0 aliphatic carbocycles. The third-order valence-corrected chi connectivity index (χ3v) is 0. The second-order valence-corrected chi connectivity index (χ2v) is 0.250. The van der Waals surface area contributed by atoms with E-state index in [1.165, 1.54) is 0 Å². The fraction of sp³-hybridized carbons (Fsp3) is 0. The van der Waals surface area contributed by atoms with Gasteiger partial charge < -0.3 is 0 Å². The maximum Gasteiger partial charge on any atom is 0.549 e. The molecule has 0 atom stereocenters. The molecule has 0 aliphatic rings. The monoisotopic (exact) mass is 134 g/mol. The van der Waals surface area contributed by atoms with Gasteiger partial charge in [-0.1, -0.05) is 0 Å². The number of hydrogen-bond donors (Lipinski definition) is 0. The van der Waals surface area contributed by atoms with E-state index in [1.54, 1.807) is 0 Å². The molecule has 2 nitrogen and oxygen atoms in total. The molecule has 0 aromatic carbocycles. The van der Waals surface area contributed by atoms with Crippen molar-refractivity contribution < 1.29 is 30.6 Å². The van der Waals surface area contributed by atoms with Crippen LogP contribution in [0.15, 0.2) is 0 Å². The topological polar surface area (TPSA) is 34.1 Å². The standard InChI is InChI=1S/Mg.O2Si.Ti.2H/c;1-3-2;;;. The molecule has 5 heavy (non-hydrogen) atoms. The average molecular weight is 134 g/mol. The molecule has 0 aromatic rings. The van der Waals surface area contributed by atoms with Crippen LogP contribution in [0.1, 0.15) is 0 Å². The number of hydrogen-bond acceptors (Lipinski definition) is 2. The molecule has 5 heteroatoms. The van der Waals surface area contributed by atoms with E-state index < -0.39 is 9.29 Å². The van der Waals surface area contributed by atoms with E-state index in [-0.39, 0.29) is 44.8 Å². The molecule has 0 saturated carbocycles. The molecule has 0 bridgehead atoms. The molecule has 0 saturated heterocycles. The van der Waals surface area contributed by atoms with Crippen molar-refractivity contribution in [1.82, 2.24) is 0 Å². The molecule has 0 rings (SSSR count). The van der Waals surface area contributed by atoms with Gasteiger partial charge in [-0.2, -0.15) is 0 Å². The number of rotatable bonds is 0. The molecule has 24 valence electrons. The van der Waals surface area contributed by atoms with Crippen molar-refractivity contribution in [3.8, 4) is 0 Å². The van der Waals surface area contributed by atoms with Crippen molar-refractivity contribution in [1.29, 1.82) is 0 Å². The zero-order chi connectivity index (χ0) is 2.71. The van der Waals surface area contributed by atoms with Gasteiger partial charge in [-0.25, -0.2) is 0 Å². The zero-order valence-corrected chi connectivity index (χ0v) is 4.38. The largest absolute Gasteiger partial charge is 0.549 e. The summed E-state index contributed by atoms with van der Waals surface area (Å²) in [5, 5.41) is 0. The quantitative estimate of drug-likeness (QED) is 0.376. The zero-order valence-electron chi connectivity index (χ0n) is 1.82. The van der Waals surface area contributed by atoms with E-state index in [0.29, 0.717) is 0 Å². The van der Waals surface area contributed by atoms with Crippen LogP contribution in [0.4, 0.5) is 0 Å². The summed E-state index contributed by atoms with van der Waals surface area (Å²) in [4.78, 5) is 0. The van der Waals surface area contributed by atoms with Crippen LogP contribution in [0.2, 0.25) is 0 Å². The van der Waals surface area contributed by atoms with E-state index in [4.69, 9.17) is 8.92 Å². The normalized spacial score (nSPS) is 1.60. The average Bonchev–Trinajstić information content (AvgIpc) is 0.918. The molecule has 0 heterocycles. The SMILES string of the molecule is O=[Si]=O.[MgH2].[Ti]. The summed E-state index contributed by atoms with van der Waals surface area (Å²) in [5.74, 6) is 0. The van der Waals surface area contributed by atoms with Gasteiger partial charge in [0.2, 0.25) is 0 Å². The van der Waals surface area contributed by atoms with E-state index in [2.05, 4.69) is 0 Å². The molecule has 0 amide bonds. The molecule has 0 aromatic heterocycles. The van der Waals surface area contributed by atoms with Crippen LogP contribution in [0.25, 0.3) is 0 Å². The summed E-state index contributed by atoms with van der Waals surface area (Å²) in [6, 6.07) is 0. The van der Waals surface area contributed by atoms with Gasteiger partial charge in [0.05, 0.1) is 0 Å². The van der Waals surface area contributed by atoms with Gasteiger partial charge in [0, 0.05) is 21.7 Å². The Labute approximate surface area is 62.7 Å². The minimum absolute atomic E-state index is 0. The third kappa shape index (κ3) is 34.2. The second kappa shape index (κ2) is 18.5. The summed E-state index contributed by atoms with van der Waals surface area (Å²) in [5.41, 5.74) is 0. The first-order valence-electron chi connectivity index (χ1n) is 0.408. The van der Waals surface area contributed by atoms with Crippen molar-refractivity contribution in [3.05, 3.63) is 0 Å². The molecule has 0 spiro atoms. The van der Waals surface area contributed by atoms with Crippen molar-refractivity contribution >= 4 is 32.3 Å². The van der Waals surface area contributed by atoms with E-state index in [9.17, 15) is 0 Å². The van der Waals surface area contributed by atoms with E-state index in [1.807, 2.05) is 0 Å². The fourth-order valence-corrected chi connectivity index (χ4v) is 0. The van der Waals surface area contributed by atoms with Gasteiger partial charge in [-0.15, -0.1) is 0 Å². The first kappa shape index (κ1) is 16.3. The van der Waals surface area contributed by atoms with Crippen molar-refractivity contribution in [2.75, 3.05) is 0 Å². The van der Waals surface area contributed by atoms with Crippen LogP contribution in [0.3, 0.4) is 0 Å². The van der Waals surface area contributed by atoms with Crippen LogP contribution < -0.4 is 0 Å². The Bertz CT molecular complexity index is 30.6. The summed E-state index contributed by atoms with van der Waals surface area (Å²) < 4.78 is 16.8. The second-order valence-electron chi connectivity index (χ2n) is 0.0833. The molecule has 0 N–H and O–H groups in total. The summed E-state index contributed by atoms with van der Waals surface area (Å²) in [7, 11) is -1.42. The molecular weight excluding hydrogens is 132 g/mol. The molecule has 0 fully saturated rings. The van der Waals surface area contributed by atoms with E-state index >= 15 is 0 Å². The first-order valence-corrected chi connectivity index (χ1v) is 1.22.